The predicted octanol–water partition coefficient (Wildman–Crippen LogP) is 3.21. The van der Waals surface area contributed by atoms with Crippen LogP contribution in [0.25, 0.3) is 0 Å². The maximum Gasteiger partial charge on any atom is 0.307 e. The molecule has 1 aliphatic rings. The fourth-order valence-corrected chi connectivity index (χ4v) is 2.25. The Kier molecular flexibility index (Phi) is 4.37. The minimum Gasteiger partial charge on any atom is -0.481 e. The van der Waals surface area contributed by atoms with Crippen molar-refractivity contribution < 1.29 is 14.7 Å². The Balaban J connectivity index is 2.45. The summed E-state index contributed by atoms with van der Waals surface area (Å²) in [6, 6.07) is 6.78. The van der Waals surface area contributed by atoms with Crippen LogP contribution in [-0.2, 0) is 16.0 Å². The van der Waals surface area contributed by atoms with Gasteiger partial charge in [0.2, 0.25) is 0 Å². The fraction of sp³-hybridized carbons (Fsp3) is 0.0714. The number of para-hydroxylation sites is 1. The van der Waals surface area contributed by atoms with Crippen molar-refractivity contribution in [1.29, 1.82) is 0 Å². The van der Waals surface area contributed by atoms with Gasteiger partial charge in [0.05, 0.1) is 22.2 Å². The minimum atomic E-state index is -0.959. The van der Waals surface area contributed by atoms with Gasteiger partial charge in [-0.3, -0.25) is 9.59 Å². The normalized spacial score (nSPS) is 14.7. The lowest BCUT2D eigenvalue weighted by Gasteiger charge is -2.10. The summed E-state index contributed by atoms with van der Waals surface area (Å²) in [6.07, 6.45) is 2.27. The molecule has 1 aromatic rings. The summed E-state index contributed by atoms with van der Waals surface area (Å²) < 4.78 is 0. The van der Waals surface area contributed by atoms with Crippen LogP contribution in [0.5, 0.6) is 0 Å². The van der Waals surface area contributed by atoms with Crippen LogP contribution in [0.2, 0.25) is 0 Å². The summed E-state index contributed by atoms with van der Waals surface area (Å²) in [5.41, 5.74) is 1.25. The van der Waals surface area contributed by atoms with Crippen molar-refractivity contribution >= 4 is 46.4 Å². The van der Waals surface area contributed by atoms with Crippen LogP contribution in [0.3, 0.4) is 0 Å². The molecule has 0 saturated carbocycles. The zero-order valence-corrected chi connectivity index (χ0v) is 11.6. The first-order valence-corrected chi connectivity index (χ1v) is 6.40. The molecule has 0 atom stereocenters. The summed E-state index contributed by atoms with van der Waals surface area (Å²) in [6.45, 7) is 0. The molecule has 0 heterocycles. The lowest BCUT2D eigenvalue weighted by Crippen LogP contribution is -2.08. The van der Waals surface area contributed by atoms with E-state index in [2.05, 4.69) is 4.99 Å². The molecule has 0 spiro atoms. The highest BCUT2D eigenvalue weighted by molar-refractivity contribution is 6.58. The number of carbonyl (C=O) groups excluding carboxylic acids is 1. The first-order valence-electron chi connectivity index (χ1n) is 5.65. The Bertz CT molecular complexity index is 651. The van der Waals surface area contributed by atoms with Crippen molar-refractivity contribution in [2.75, 3.05) is 0 Å². The van der Waals surface area contributed by atoms with Crippen molar-refractivity contribution in [2.24, 2.45) is 4.99 Å². The summed E-state index contributed by atoms with van der Waals surface area (Å²) in [4.78, 5) is 26.3. The van der Waals surface area contributed by atoms with Gasteiger partial charge in [-0.1, -0.05) is 41.4 Å². The molecular weight excluding hydrogens is 301 g/mol. The molecule has 4 nitrogen and oxygen atoms in total. The predicted molar refractivity (Wildman–Crippen MR) is 77.8 cm³/mol. The number of allylic oxidation sites excluding steroid dienone is 4. The maximum atomic E-state index is 11.2. The molecule has 0 fully saturated rings. The van der Waals surface area contributed by atoms with Crippen LogP contribution in [0.4, 0.5) is 5.69 Å². The average Bonchev–Trinajstić information content (AvgIpc) is 2.34. The highest BCUT2D eigenvalue weighted by Gasteiger charge is 2.17. The summed E-state index contributed by atoms with van der Waals surface area (Å²) in [7, 11) is 0. The Labute approximate surface area is 125 Å². The molecule has 2 rings (SSSR count). The van der Waals surface area contributed by atoms with E-state index in [9.17, 15) is 9.59 Å². The van der Waals surface area contributed by atoms with Gasteiger partial charge in [-0.15, -0.1) is 0 Å². The molecule has 0 aromatic heterocycles. The average molecular weight is 310 g/mol. The number of aliphatic carboxylic acids is 1. The van der Waals surface area contributed by atoms with Gasteiger partial charge in [0.25, 0.3) is 0 Å². The molecule has 20 heavy (non-hydrogen) atoms. The monoisotopic (exact) mass is 309 g/mol. The third-order valence-corrected chi connectivity index (χ3v) is 3.13. The minimum absolute atomic E-state index is 0.132. The number of hydrogen-bond acceptors (Lipinski definition) is 3. The topological polar surface area (TPSA) is 66.7 Å². The number of rotatable bonds is 3. The van der Waals surface area contributed by atoms with Gasteiger partial charge in [0.15, 0.2) is 5.78 Å². The standard InChI is InChI=1S/C14H9Cl2NO3/c15-10-6-9(18)7-11(16)14(10)17-12-4-2-1-3-8(12)5-13(19)20/h1-4,6-7H,5H2,(H,19,20). The summed E-state index contributed by atoms with van der Waals surface area (Å²) in [5, 5.41) is 9.13. The number of carboxylic acid groups (broad SMARTS) is 1. The SMILES string of the molecule is O=C1C=C(Cl)C(=Nc2ccccc2CC(=O)O)C(Cl)=C1. The molecular formula is C14H9Cl2NO3. The first-order chi connectivity index (χ1) is 9.47. The van der Waals surface area contributed by atoms with Crippen LogP contribution in [0, 0.1) is 0 Å². The van der Waals surface area contributed by atoms with Crippen molar-refractivity contribution in [1.82, 2.24) is 0 Å². The number of halogens is 2. The largest absolute Gasteiger partial charge is 0.481 e. The van der Waals surface area contributed by atoms with Gasteiger partial charge in [0.1, 0.15) is 5.71 Å². The van der Waals surface area contributed by atoms with E-state index in [0.717, 1.165) is 0 Å². The molecule has 0 aliphatic heterocycles. The Hall–Kier alpha value is -1.91. The van der Waals surface area contributed by atoms with E-state index in [1.807, 2.05) is 0 Å². The van der Waals surface area contributed by atoms with Gasteiger partial charge in [-0.2, -0.15) is 0 Å². The number of carboxylic acids is 1. The van der Waals surface area contributed by atoms with E-state index >= 15 is 0 Å². The first kappa shape index (κ1) is 14.5. The van der Waals surface area contributed by atoms with Gasteiger partial charge >= 0.3 is 5.97 Å². The number of carbonyl (C=O) groups is 2. The van der Waals surface area contributed by atoms with E-state index in [0.29, 0.717) is 11.3 Å². The highest BCUT2D eigenvalue weighted by atomic mass is 35.5. The lowest BCUT2D eigenvalue weighted by molar-refractivity contribution is -0.136. The number of ketones is 1. The number of nitrogens with zero attached hydrogens (tertiary/aromatic N) is 1. The second-order valence-electron chi connectivity index (χ2n) is 4.05. The van der Waals surface area contributed by atoms with Crippen LogP contribution in [0.1, 0.15) is 5.56 Å². The van der Waals surface area contributed by atoms with Crippen molar-refractivity contribution in [3.8, 4) is 0 Å². The molecule has 1 aliphatic carbocycles. The molecule has 1 aromatic carbocycles. The molecule has 0 bridgehead atoms. The van der Waals surface area contributed by atoms with E-state index in [4.69, 9.17) is 28.3 Å². The van der Waals surface area contributed by atoms with Gasteiger partial charge in [-0.05, 0) is 11.6 Å². The van der Waals surface area contributed by atoms with Crippen molar-refractivity contribution in [2.45, 2.75) is 6.42 Å². The number of aliphatic imine (C=N–C) groups is 1. The van der Waals surface area contributed by atoms with E-state index in [1.54, 1.807) is 24.3 Å². The molecule has 0 amide bonds. The Morgan fingerprint density at radius 2 is 1.75 bits per heavy atom. The number of hydrogen-bond donors (Lipinski definition) is 1. The van der Waals surface area contributed by atoms with Crippen LogP contribution < -0.4 is 0 Å². The highest BCUT2D eigenvalue weighted by Crippen LogP contribution is 2.26. The third-order valence-electron chi connectivity index (χ3n) is 2.56. The van der Waals surface area contributed by atoms with Crippen molar-refractivity contribution in [3.63, 3.8) is 0 Å². The van der Waals surface area contributed by atoms with Gasteiger partial charge in [0, 0.05) is 12.2 Å². The second-order valence-corrected chi connectivity index (χ2v) is 4.86. The van der Waals surface area contributed by atoms with Gasteiger partial charge in [-0.25, -0.2) is 4.99 Å². The zero-order chi connectivity index (χ0) is 14.7. The summed E-state index contributed by atoms with van der Waals surface area (Å²) >= 11 is 11.9. The third kappa shape index (κ3) is 3.35. The summed E-state index contributed by atoms with van der Waals surface area (Å²) in [5.74, 6) is -1.27. The number of benzene rings is 1. The van der Waals surface area contributed by atoms with E-state index in [1.165, 1.54) is 12.2 Å². The maximum absolute atomic E-state index is 11.2. The molecule has 0 radical (unpaired) electrons. The molecule has 1 N–H and O–H groups in total. The molecule has 0 unspecified atom stereocenters. The fourth-order valence-electron chi connectivity index (χ4n) is 1.70. The molecule has 102 valence electrons. The van der Waals surface area contributed by atoms with E-state index < -0.39 is 5.97 Å². The second kappa shape index (κ2) is 6.03. The van der Waals surface area contributed by atoms with Crippen molar-refractivity contribution in [3.05, 3.63) is 52.0 Å². The zero-order valence-electron chi connectivity index (χ0n) is 10.1. The van der Waals surface area contributed by atoms with Crippen LogP contribution in [0.15, 0.2) is 51.5 Å². The smallest absolute Gasteiger partial charge is 0.307 e. The molecule has 6 heteroatoms. The quantitative estimate of drug-likeness (QED) is 0.872. The Morgan fingerprint density at radius 3 is 2.35 bits per heavy atom. The van der Waals surface area contributed by atoms with Crippen LogP contribution >= 0.6 is 23.2 Å². The van der Waals surface area contributed by atoms with E-state index in [-0.39, 0.29) is 28.0 Å². The molecule has 0 saturated heterocycles. The lowest BCUT2D eigenvalue weighted by atomic mass is 10.1. The van der Waals surface area contributed by atoms with Crippen LogP contribution in [-0.4, -0.2) is 22.6 Å². The van der Waals surface area contributed by atoms with Gasteiger partial charge < -0.3 is 5.11 Å². The Morgan fingerprint density at radius 1 is 1.15 bits per heavy atom.